The molecule has 0 aliphatic heterocycles. The quantitative estimate of drug-likeness (QED) is 0.806. The van der Waals surface area contributed by atoms with Crippen LogP contribution < -0.4 is 4.74 Å². The van der Waals surface area contributed by atoms with E-state index < -0.39 is 0 Å². The molecule has 0 amide bonds. The maximum atomic E-state index is 12.0. The average molecular weight is 300 g/mol. The Kier molecular flexibility index (Phi) is 3.88. The van der Waals surface area contributed by atoms with Crippen LogP contribution in [0.2, 0.25) is 0 Å². The molecule has 2 aromatic rings. The molecule has 1 heterocycles. The van der Waals surface area contributed by atoms with E-state index in [1.54, 1.807) is 6.07 Å². The minimum Gasteiger partial charge on any atom is -0.485 e. The van der Waals surface area contributed by atoms with Crippen LogP contribution in [0, 0.1) is 6.92 Å². The zero-order chi connectivity index (χ0) is 14.8. The lowest BCUT2D eigenvalue weighted by atomic mass is 9.90. The molecule has 0 atom stereocenters. The molecule has 0 saturated heterocycles. The summed E-state index contributed by atoms with van der Waals surface area (Å²) in [4.78, 5) is 25.6. The molecule has 3 rings (SSSR count). The van der Waals surface area contributed by atoms with Crippen LogP contribution in [0.3, 0.4) is 0 Å². The van der Waals surface area contributed by atoms with Crippen LogP contribution in [0.5, 0.6) is 5.75 Å². The van der Waals surface area contributed by atoms with Gasteiger partial charge >= 0.3 is 0 Å². The summed E-state index contributed by atoms with van der Waals surface area (Å²) in [6.07, 6.45) is 2.42. The molecule has 1 aliphatic rings. The molecule has 108 valence electrons. The van der Waals surface area contributed by atoms with Crippen molar-refractivity contribution in [3.8, 4) is 5.75 Å². The van der Waals surface area contributed by atoms with Crippen molar-refractivity contribution in [3.63, 3.8) is 0 Å². The van der Waals surface area contributed by atoms with Crippen molar-refractivity contribution in [2.75, 3.05) is 6.61 Å². The van der Waals surface area contributed by atoms with Crippen LogP contribution in [0.1, 0.15) is 43.3 Å². The Hall–Kier alpha value is -1.94. The highest BCUT2D eigenvalue weighted by molar-refractivity contribution is 7.14. The van der Waals surface area contributed by atoms with E-state index in [9.17, 15) is 9.59 Å². The monoisotopic (exact) mass is 300 g/mol. The van der Waals surface area contributed by atoms with Gasteiger partial charge in [-0.1, -0.05) is 0 Å². The molecule has 3 nitrogen and oxygen atoms in total. The van der Waals surface area contributed by atoms with Crippen LogP contribution in [0.4, 0.5) is 0 Å². The molecule has 0 bridgehead atoms. The molecular weight excluding hydrogens is 284 g/mol. The minimum absolute atomic E-state index is 0.0121. The summed E-state index contributed by atoms with van der Waals surface area (Å²) < 4.78 is 5.58. The summed E-state index contributed by atoms with van der Waals surface area (Å²) in [5.74, 6) is 0.847. The largest absolute Gasteiger partial charge is 0.485 e. The number of hydrogen-bond donors (Lipinski definition) is 0. The Labute approximate surface area is 127 Å². The first-order chi connectivity index (χ1) is 10.1. The summed E-state index contributed by atoms with van der Waals surface area (Å²) in [6, 6.07) is 9.24. The zero-order valence-corrected chi connectivity index (χ0v) is 12.7. The van der Waals surface area contributed by atoms with Crippen LogP contribution in [0.15, 0.2) is 30.3 Å². The highest BCUT2D eigenvalue weighted by Gasteiger charge is 2.17. The number of carbonyl (C=O) groups is 2. The molecule has 0 saturated carbocycles. The Morgan fingerprint density at radius 1 is 1.24 bits per heavy atom. The van der Waals surface area contributed by atoms with Gasteiger partial charge in [-0.05, 0) is 55.7 Å². The molecule has 0 radical (unpaired) electrons. The van der Waals surface area contributed by atoms with Gasteiger partial charge in [-0.2, -0.15) is 0 Å². The first-order valence-electron chi connectivity index (χ1n) is 7.02. The predicted molar refractivity (Wildman–Crippen MR) is 82.6 cm³/mol. The molecule has 1 aliphatic carbocycles. The van der Waals surface area contributed by atoms with E-state index in [0.29, 0.717) is 12.2 Å². The van der Waals surface area contributed by atoms with E-state index in [0.717, 1.165) is 33.7 Å². The number of aryl methyl sites for hydroxylation is 2. The number of ether oxygens (including phenoxy) is 1. The second-order valence-corrected chi connectivity index (χ2v) is 6.51. The lowest BCUT2D eigenvalue weighted by Crippen LogP contribution is -2.13. The van der Waals surface area contributed by atoms with Gasteiger partial charge in [0.05, 0.1) is 4.88 Å². The molecule has 0 N–H and O–H groups in total. The normalized spacial score (nSPS) is 13.9. The number of Topliss-reactive ketones (excluding diaryl/α,β-unsaturated/α-hetero) is 2. The van der Waals surface area contributed by atoms with Crippen molar-refractivity contribution in [2.45, 2.75) is 26.2 Å². The summed E-state index contributed by atoms with van der Waals surface area (Å²) in [7, 11) is 0. The summed E-state index contributed by atoms with van der Waals surface area (Å²) in [5, 5.41) is 0. The van der Waals surface area contributed by atoms with E-state index in [4.69, 9.17) is 4.74 Å². The van der Waals surface area contributed by atoms with Crippen LogP contribution in [-0.2, 0) is 6.42 Å². The smallest absolute Gasteiger partial charge is 0.210 e. The van der Waals surface area contributed by atoms with Gasteiger partial charge in [-0.3, -0.25) is 9.59 Å². The first kappa shape index (κ1) is 14.0. The number of benzene rings is 1. The van der Waals surface area contributed by atoms with Gasteiger partial charge in [0.2, 0.25) is 5.78 Å². The number of fused-ring (bicyclic) bond motifs is 1. The van der Waals surface area contributed by atoms with E-state index >= 15 is 0 Å². The molecule has 1 aromatic heterocycles. The third-order valence-electron chi connectivity index (χ3n) is 3.61. The van der Waals surface area contributed by atoms with Crippen LogP contribution in [0.25, 0.3) is 0 Å². The zero-order valence-electron chi connectivity index (χ0n) is 11.8. The topological polar surface area (TPSA) is 43.4 Å². The van der Waals surface area contributed by atoms with Crippen molar-refractivity contribution >= 4 is 22.9 Å². The number of ketones is 2. The number of rotatable bonds is 4. The van der Waals surface area contributed by atoms with Gasteiger partial charge < -0.3 is 4.74 Å². The first-order valence-corrected chi connectivity index (χ1v) is 7.84. The summed E-state index contributed by atoms with van der Waals surface area (Å²) >= 11 is 1.48. The van der Waals surface area contributed by atoms with E-state index in [2.05, 4.69) is 0 Å². The third-order valence-corrected chi connectivity index (χ3v) is 4.65. The fourth-order valence-electron chi connectivity index (χ4n) is 2.52. The van der Waals surface area contributed by atoms with Gasteiger partial charge in [0.1, 0.15) is 5.75 Å². The second kappa shape index (κ2) is 5.82. The predicted octanol–water partition coefficient (Wildman–Crippen LogP) is 3.84. The number of thiophene rings is 1. The Morgan fingerprint density at radius 3 is 2.86 bits per heavy atom. The van der Waals surface area contributed by atoms with Gasteiger partial charge in [-0.25, -0.2) is 0 Å². The van der Waals surface area contributed by atoms with E-state index in [1.807, 2.05) is 31.2 Å². The lowest BCUT2D eigenvalue weighted by Gasteiger charge is -2.15. The fourth-order valence-corrected chi connectivity index (χ4v) is 3.31. The molecule has 1 aromatic carbocycles. The van der Waals surface area contributed by atoms with Gasteiger partial charge in [-0.15, -0.1) is 11.3 Å². The summed E-state index contributed by atoms with van der Waals surface area (Å²) in [5.41, 5.74) is 1.83. The maximum Gasteiger partial charge on any atom is 0.210 e. The second-order valence-electron chi connectivity index (χ2n) is 5.22. The molecule has 0 fully saturated rings. The van der Waals surface area contributed by atoms with Crippen molar-refractivity contribution in [2.24, 2.45) is 0 Å². The lowest BCUT2D eigenvalue weighted by molar-refractivity contribution is 0.0923. The molecule has 0 spiro atoms. The number of hydrogen-bond acceptors (Lipinski definition) is 4. The van der Waals surface area contributed by atoms with Crippen LogP contribution >= 0.6 is 11.3 Å². The highest BCUT2D eigenvalue weighted by atomic mass is 32.1. The molecule has 21 heavy (non-hydrogen) atoms. The highest BCUT2D eigenvalue weighted by Crippen LogP contribution is 2.25. The van der Waals surface area contributed by atoms with Gasteiger partial charge in [0.15, 0.2) is 12.4 Å². The Balaban J connectivity index is 1.68. The average Bonchev–Trinajstić information content (AvgIpc) is 2.91. The molecule has 4 heteroatoms. The standard InChI is InChI=1S/C17H16O3S/c1-11-5-8-17(21-11)16(19)10-20-13-6-7-14-12(9-13)3-2-4-15(14)18/h5-9H,2-4,10H2,1H3. The Bertz CT molecular complexity index is 700. The molecular formula is C17H16O3S. The van der Waals surface area contributed by atoms with Gasteiger partial charge in [0.25, 0.3) is 0 Å². The van der Waals surface area contributed by atoms with Crippen LogP contribution in [-0.4, -0.2) is 18.2 Å². The number of carbonyl (C=O) groups excluding carboxylic acids is 2. The third kappa shape index (κ3) is 3.05. The van der Waals surface area contributed by atoms with Crippen molar-refractivity contribution in [1.82, 2.24) is 0 Å². The maximum absolute atomic E-state index is 12.0. The van der Waals surface area contributed by atoms with Gasteiger partial charge in [0, 0.05) is 16.9 Å². The van der Waals surface area contributed by atoms with Crippen molar-refractivity contribution < 1.29 is 14.3 Å². The molecule has 0 unspecified atom stereocenters. The summed E-state index contributed by atoms with van der Waals surface area (Å²) in [6.45, 7) is 2.01. The minimum atomic E-state index is -0.0121. The SMILES string of the molecule is Cc1ccc(C(=O)COc2ccc3c(c2)CCCC3=O)s1. The fraction of sp³-hybridized carbons (Fsp3) is 0.294. The van der Waals surface area contributed by atoms with Crippen molar-refractivity contribution in [1.29, 1.82) is 0 Å². The Morgan fingerprint density at radius 2 is 2.10 bits per heavy atom. The van der Waals surface area contributed by atoms with E-state index in [1.165, 1.54) is 11.3 Å². The van der Waals surface area contributed by atoms with Crippen molar-refractivity contribution in [3.05, 3.63) is 51.2 Å². The van der Waals surface area contributed by atoms with E-state index in [-0.39, 0.29) is 18.2 Å².